The van der Waals surface area contributed by atoms with Crippen LogP contribution in [0.1, 0.15) is 21.6 Å². The SMILES string of the molecule is Cc1ccc(CO)cc1NC(=O)c1cn(-c2ccccc2)nn1. The first-order chi connectivity index (χ1) is 11.2. The van der Waals surface area contributed by atoms with Gasteiger partial charge in [-0.3, -0.25) is 4.79 Å². The molecule has 3 aromatic rings. The molecule has 0 saturated heterocycles. The van der Waals surface area contributed by atoms with Gasteiger partial charge in [0.05, 0.1) is 18.5 Å². The number of carbonyl (C=O) groups excluding carboxylic acids is 1. The average molecular weight is 308 g/mol. The summed E-state index contributed by atoms with van der Waals surface area (Å²) >= 11 is 0. The molecule has 0 aliphatic heterocycles. The molecule has 1 heterocycles. The Morgan fingerprint density at radius 3 is 2.74 bits per heavy atom. The Hall–Kier alpha value is -2.99. The van der Waals surface area contributed by atoms with Crippen molar-refractivity contribution in [3.05, 3.63) is 71.5 Å². The summed E-state index contributed by atoms with van der Waals surface area (Å²) in [5.41, 5.74) is 3.35. The minimum absolute atomic E-state index is 0.0761. The maximum atomic E-state index is 12.3. The summed E-state index contributed by atoms with van der Waals surface area (Å²) in [6.07, 6.45) is 1.58. The van der Waals surface area contributed by atoms with Crippen LogP contribution in [0.5, 0.6) is 0 Å². The Bertz CT molecular complexity index is 828. The van der Waals surface area contributed by atoms with E-state index in [0.717, 1.165) is 16.8 Å². The predicted molar refractivity (Wildman–Crippen MR) is 86.4 cm³/mol. The highest BCUT2D eigenvalue weighted by molar-refractivity contribution is 6.03. The van der Waals surface area contributed by atoms with Crippen LogP contribution < -0.4 is 5.32 Å². The number of hydrogen-bond acceptors (Lipinski definition) is 4. The van der Waals surface area contributed by atoms with E-state index in [2.05, 4.69) is 15.6 Å². The van der Waals surface area contributed by atoms with Crippen LogP contribution in [0.25, 0.3) is 5.69 Å². The van der Waals surface area contributed by atoms with Gasteiger partial charge >= 0.3 is 0 Å². The molecule has 23 heavy (non-hydrogen) atoms. The highest BCUT2D eigenvalue weighted by Gasteiger charge is 2.13. The van der Waals surface area contributed by atoms with E-state index in [-0.39, 0.29) is 18.2 Å². The standard InChI is InChI=1S/C17H16N4O2/c1-12-7-8-13(11-22)9-15(12)18-17(23)16-10-21(20-19-16)14-5-3-2-4-6-14/h2-10,22H,11H2,1H3,(H,18,23). The molecule has 0 aliphatic rings. The molecule has 0 unspecified atom stereocenters. The van der Waals surface area contributed by atoms with Crippen molar-refractivity contribution in [2.75, 3.05) is 5.32 Å². The maximum Gasteiger partial charge on any atom is 0.277 e. The third-order valence-corrected chi connectivity index (χ3v) is 3.48. The maximum absolute atomic E-state index is 12.3. The lowest BCUT2D eigenvalue weighted by Crippen LogP contribution is -2.13. The average Bonchev–Trinajstić information content (AvgIpc) is 3.08. The quantitative estimate of drug-likeness (QED) is 0.775. The van der Waals surface area contributed by atoms with Gasteiger partial charge in [-0.1, -0.05) is 35.5 Å². The number of aliphatic hydroxyl groups is 1. The second kappa shape index (κ2) is 6.41. The zero-order valence-electron chi connectivity index (χ0n) is 12.6. The molecule has 2 aromatic carbocycles. The number of nitrogens with one attached hydrogen (secondary N) is 1. The molecule has 0 atom stereocenters. The first kappa shape index (κ1) is 14.9. The zero-order valence-corrected chi connectivity index (χ0v) is 12.6. The Labute approximate surface area is 133 Å². The molecule has 0 fully saturated rings. The normalized spacial score (nSPS) is 10.5. The van der Waals surface area contributed by atoms with Crippen molar-refractivity contribution in [2.45, 2.75) is 13.5 Å². The summed E-state index contributed by atoms with van der Waals surface area (Å²) in [5, 5.41) is 19.9. The van der Waals surface area contributed by atoms with Crippen molar-refractivity contribution in [3.8, 4) is 5.69 Å². The molecule has 116 valence electrons. The number of para-hydroxylation sites is 1. The lowest BCUT2D eigenvalue weighted by molar-refractivity contribution is 0.102. The molecule has 2 N–H and O–H groups in total. The van der Waals surface area contributed by atoms with Gasteiger partial charge in [-0.05, 0) is 36.2 Å². The van der Waals surface area contributed by atoms with Crippen LogP contribution in [0.4, 0.5) is 5.69 Å². The fourth-order valence-electron chi connectivity index (χ4n) is 2.16. The van der Waals surface area contributed by atoms with Gasteiger partial charge in [0.15, 0.2) is 5.69 Å². The van der Waals surface area contributed by atoms with E-state index in [1.807, 2.05) is 49.4 Å². The molecule has 0 spiro atoms. The van der Waals surface area contributed by atoms with E-state index in [1.54, 1.807) is 16.9 Å². The van der Waals surface area contributed by atoms with Gasteiger partial charge in [-0.25, -0.2) is 4.68 Å². The van der Waals surface area contributed by atoms with Gasteiger partial charge in [0.25, 0.3) is 5.91 Å². The summed E-state index contributed by atoms with van der Waals surface area (Å²) < 4.78 is 1.55. The van der Waals surface area contributed by atoms with Crippen molar-refractivity contribution in [1.82, 2.24) is 15.0 Å². The highest BCUT2D eigenvalue weighted by Crippen LogP contribution is 2.18. The molecular formula is C17H16N4O2. The van der Waals surface area contributed by atoms with Crippen molar-refractivity contribution in [3.63, 3.8) is 0 Å². The van der Waals surface area contributed by atoms with Crippen LogP contribution in [0, 0.1) is 6.92 Å². The van der Waals surface area contributed by atoms with Crippen LogP contribution in [-0.2, 0) is 6.61 Å². The second-order valence-electron chi connectivity index (χ2n) is 5.15. The van der Waals surface area contributed by atoms with Gasteiger partial charge in [0.2, 0.25) is 0 Å². The van der Waals surface area contributed by atoms with Crippen molar-refractivity contribution in [1.29, 1.82) is 0 Å². The molecule has 6 heteroatoms. The fraction of sp³-hybridized carbons (Fsp3) is 0.118. The monoisotopic (exact) mass is 308 g/mol. The number of aliphatic hydroxyl groups excluding tert-OH is 1. The number of aromatic nitrogens is 3. The van der Waals surface area contributed by atoms with E-state index < -0.39 is 0 Å². The first-order valence-electron chi connectivity index (χ1n) is 7.17. The number of aryl methyl sites for hydroxylation is 1. The molecule has 1 amide bonds. The molecule has 6 nitrogen and oxygen atoms in total. The third kappa shape index (κ3) is 3.27. The smallest absolute Gasteiger partial charge is 0.277 e. The Morgan fingerprint density at radius 2 is 2.00 bits per heavy atom. The number of hydrogen-bond donors (Lipinski definition) is 2. The molecule has 0 aliphatic carbocycles. The minimum Gasteiger partial charge on any atom is -0.392 e. The van der Waals surface area contributed by atoms with E-state index in [4.69, 9.17) is 0 Å². The van der Waals surface area contributed by atoms with Gasteiger partial charge in [0.1, 0.15) is 0 Å². The molecule has 0 bridgehead atoms. The summed E-state index contributed by atoms with van der Waals surface area (Å²) in [6.45, 7) is 1.81. The molecule has 0 saturated carbocycles. The van der Waals surface area contributed by atoms with E-state index in [9.17, 15) is 9.90 Å². The zero-order chi connectivity index (χ0) is 16.2. The summed E-state index contributed by atoms with van der Waals surface area (Å²) in [4.78, 5) is 12.3. The van der Waals surface area contributed by atoms with Crippen LogP contribution >= 0.6 is 0 Å². The Balaban J connectivity index is 1.81. The molecule has 0 radical (unpaired) electrons. The van der Waals surface area contributed by atoms with Crippen LogP contribution in [-0.4, -0.2) is 26.0 Å². The molecule has 1 aromatic heterocycles. The Morgan fingerprint density at radius 1 is 1.22 bits per heavy atom. The van der Waals surface area contributed by atoms with Gasteiger partial charge in [0, 0.05) is 5.69 Å². The van der Waals surface area contributed by atoms with Gasteiger partial charge in [-0.15, -0.1) is 5.10 Å². The lowest BCUT2D eigenvalue weighted by atomic mass is 10.1. The fourth-order valence-corrected chi connectivity index (χ4v) is 2.16. The lowest BCUT2D eigenvalue weighted by Gasteiger charge is -2.08. The first-order valence-corrected chi connectivity index (χ1v) is 7.17. The Kier molecular flexibility index (Phi) is 4.16. The van der Waals surface area contributed by atoms with Crippen LogP contribution in [0.2, 0.25) is 0 Å². The molecule has 3 rings (SSSR count). The van der Waals surface area contributed by atoms with Crippen molar-refractivity contribution < 1.29 is 9.90 Å². The molecular weight excluding hydrogens is 292 g/mol. The number of anilines is 1. The van der Waals surface area contributed by atoms with Crippen LogP contribution in [0.15, 0.2) is 54.7 Å². The highest BCUT2D eigenvalue weighted by atomic mass is 16.3. The van der Waals surface area contributed by atoms with Gasteiger partial charge < -0.3 is 10.4 Å². The summed E-state index contributed by atoms with van der Waals surface area (Å²) in [5.74, 6) is -0.342. The predicted octanol–water partition coefficient (Wildman–Crippen LogP) is 2.32. The topological polar surface area (TPSA) is 80.0 Å². The summed E-state index contributed by atoms with van der Waals surface area (Å²) in [6, 6.07) is 14.9. The van der Waals surface area contributed by atoms with Crippen molar-refractivity contribution in [2.24, 2.45) is 0 Å². The van der Waals surface area contributed by atoms with E-state index in [1.165, 1.54) is 0 Å². The number of rotatable bonds is 4. The third-order valence-electron chi connectivity index (χ3n) is 3.48. The largest absolute Gasteiger partial charge is 0.392 e. The van der Waals surface area contributed by atoms with Gasteiger partial charge in [-0.2, -0.15) is 0 Å². The second-order valence-corrected chi connectivity index (χ2v) is 5.15. The van der Waals surface area contributed by atoms with Crippen molar-refractivity contribution >= 4 is 11.6 Å². The van der Waals surface area contributed by atoms with Crippen LogP contribution in [0.3, 0.4) is 0 Å². The summed E-state index contributed by atoms with van der Waals surface area (Å²) in [7, 11) is 0. The van der Waals surface area contributed by atoms with E-state index >= 15 is 0 Å². The number of benzene rings is 2. The minimum atomic E-state index is -0.342. The van der Waals surface area contributed by atoms with E-state index in [0.29, 0.717) is 5.69 Å². The number of nitrogens with zero attached hydrogens (tertiary/aromatic N) is 3. The number of amides is 1. The number of carbonyl (C=O) groups is 1.